The minimum atomic E-state index is -4.97. The van der Waals surface area contributed by atoms with E-state index in [1.165, 1.54) is 0 Å². The molecule has 0 amide bonds. The normalized spacial score (nSPS) is 12.1. The fourth-order valence-corrected chi connectivity index (χ4v) is 1.96. The molecule has 11 heteroatoms. The van der Waals surface area contributed by atoms with Gasteiger partial charge in [0.25, 0.3) is 0 Å². The van der Waals surface area contributed by atoms with Gasteiger partial charge >= 0.3 is 12.7 Å². The summed E-state index contributed by atoms with van der Waals surface area (Å²) in [4.78, 5) is 0. The van der Waals surface area contributed by atoms with Crippen molar-refractivity contribution in [1.29, 1.82) is 0 Å². The minimum Gasteiger partial charge on any atom is -0.406 e. The first-order valence-electron chi connectivity index (χ1n) is 7.09. The third-order valence-corrected chi connectivity index (χ3v) is 3.03. The molecule has 148 valence electrons. The number of ether oxygens (including phenoxy) is 3. The maximum Gasteiger partial charge on any atom is 0.573 e. The fourth-order valence-electron chi connectivity index (χ4n) is 1.96. The average molecular weight is 402 g/mol. The predicted molar refractivity (Wildman–Crippen MR) is 74.7 cm³/mol. The van der Waals surface area contributed by atoms with E-state index < -0.39 is 49.1 Å². The molecule has 0 aliphatic heterocycles. The Morgan fingerprint density at radius 1 is 0.630 bits per heavy atom. The summed E-state index contributed by atoms with van der Waals surface area (Å²) in [6.07, 6.45) is -9.94. The first-order valence-corrected chi connectivity index (χ1v) is 7.09. The van der Waals surface area contributed by atoms with Crippen LogP contribution in [-0.2, 0) is 18.0 Å². The van der Waals surface area contributed by atoms with Gasteiger partial charge in [0.2, 0.25) is 0 Å². The Labute approximate surface area is 147 Å². The van der Waals surface area contributed by atoms with E-state index in [1.54, 1.807) is 0 Å². The molecule has 0 unspecified atom stereocenters. The molecular formula is C16H10F8O3. The minimum absolute atomic E-state index is 0.123. The molecule has 0 saturated carbocycles. The molecule has 0 heterocycles. The molecule has 2 aromatic carbocycles. The second-order valence-corrected chi connectivity index (χ2v) is 5.09. The van der Waals surface area contributed by atoms with E-state index in [4.69, 9.17) is 4.74 Å². The molecule has 0 spiro atoms. The number of benzene rings is 2. The van der Waals surface area contributed by atoms with Crippen LogP contribution in [-0.4, -0.2) is 12.7 Å². The van der Waals surface area contributed by atoms with Crippen molar-refractivity contribution in [3.05, 3.63) is 59.2 Å². The molecule has 0 atom stereocenters. The Kier molecular flexibility index (Phi) is 6.14. The lowest BCUT2D eigenvalue weighted by molar-refractivity contribution is -0.275. The lowest BCUT2D eigenvalue weighted by Gasteiger charge is -2.12. The summed E-state index contributed by atoms with van der Waals surface area (Å²) in [5.41, 5.74) is -0.246. The Hall–Kier alpha value is -2.56. The van der Waals surface area contributed by atoms with Gasteiger partial charge in [-0.25, -0.2) is 8.78 Å². The van der Waals surface area contributed by atoms with Crippen molar-refractivity contribution in [3.63, 3.8) is 0 Å². The van der Waals surface area contributed by atoms with Gasteiger partial charge in [0, 0.05) is 23.3 Å². The van der Waals surface area contributed by atoms with Gasteiger partial charge in [-0.15, -0.1) is 26.3 Å². The summed E-state index contributed by atoms with van der Waals surface area (Å²) < 4.78 is 112. The second kappa shape index (κ2) is 7.99. The highest BCUT2D eigenvalue weighted by atomic mass is 19.4. The molecule has 0 aromatic heterocycles. The molecule has 0 aliphatic rings. The van der Waals surface area contributed by atoms with E-state index in [-0.39, 0.29) is 11.1 Å². The van der Waals surface area contributed by atoms with Crippen LogP contribution in [0.5, 0.6) is 11.5 Å². The van der Waals surface area contributed by atoms with Crippen LogP contribution in [0.4, 0.5) is 35.1 Å². The van der Waals surface area contributed by atoms with Crippen LogP contribution in [0.2, 0.25) is 0 Å². The number of hydrogen-bond donors (Lipinski definition) is 0. The molecule has 0 bridgehead atoms. The van der Waals surface area contributed by atoms with E-state index in [2.05, 4.69) is 9.47 Å². The van der Waals surface area contributed by atoms with Crippen molar-refractivity contribution < 1.29 is 49.3 Å². The zero-order valence-corrected chi connectivity index (χ0v) is 13.1. The monoisotopic (exact) mass is 402 g/mol. The third-order valence-electron chi connectivity index (χ3n) is 3.03. The highest BCUT2D eigenvalue weighted by Gasteiger charge is 2.32. The standard InChI is InChI=1S/C16H10F8O3/c17-13-5-11(26-15(19,20)21)3-1-9(13)7-25-8-10-2-4-12(6-14(10)18)27-16(22,23)24/h1-6H,7-8H2. The van der Waals surface area contributed by atoms with Gasteiger partial charge in [0.05, 0.1) is 13.2 Å². The zero-order valence-electron chi connectivity index (χ0n) is 13.1. The maximum absolute atomic E-state index is 13.7. The Morgan fingerprint density at radius 3 is 1.30 bits per heavy atom. The highest BCUT2D eigenvalue weighted by Crippen LogP contribution is 2.26. The van der Waals surface area contributed by atoms with Gasteiger partial charge in [-0.3, -0.25) is 0 Å². The average Bonchev–Trinajstić information content (AvgIpc) is 2.48. The molecular weight excluding hydrogens is 392 g/mol. The number of rotatable bonds is 6. The maximum atomic E-state index is 13.7. The largest absolute Gasteiger partial charge is 0.573 e. The summed E-state index contributed by atoms with van der Waals surface area (Å²) in [5, 5.41) is 0. The van der Waals surface area contributed by atoms with Crippen molar-refractivity contribution in [3.8, 4) is 11.5 Å². The van der Waals surface area contributed by atoms with E-state index in [1.807, 2.05) is 0 Å². The number of alkyl halides is 6. The highest BCUT2D eigenvalue weighted by molar-refractivity contribution is 5.30. The van der Waals surface area contributed by atoms with Crippen molar-refractivity contribution in [2.75, 3.05) is 0 Å². The van der Waals surface area contributed by atoms with Gasteiger partial charge in [0.15, 0.2) is 0 Å². The first kappa shape index (κ1) is 20.7. The van der Waals surface area contributed by atoms with Gasteiger partial charge in [-0.1, -0.05) is 12.1 Å². The van der Waals surface area contributed by atoms with Crippen molar-refractivity contribution in [2.45, 2.75) is 25.9 Å². The summed E-state index contributed by atoms with van der Waals surface area (Å²) in [7, 11) is 0. The molecule has 0 N–H and O–H groups in total. The van der Waals surface area contributed by atoms with E-state index in [0.717, 1.165) is 24.3 Å². The van der Waals surface area contributed by atoms with Crippen LogP contribution in [0.1, 0.15) is 11.1 Å². The van der Waals surface area contributed by atoms with Crippen molar-refractivity contribution in [2.24, 2.45) is 0 Å². The quantitative estimate of drug-likeness (QED) is 0.599. The summed E-state index contributed by atoms with van der Waals surface area (Å²) in [5.74, 6) is -3.58. The summed E-state index contributed by atoms with van der Waals surface area (Å²) in [6, 6.07) is 4.75. The molecule has 0 saturated heterocycles. The number of hydrogen-bond acceptors (Lipinski definition) is 3. The zero-order chi connectivity index (χ0) is 20.2. The van der Waals surface area contributed by atoms with Crippen LogP contribution in [0.25, 0.3) is 0 Å². The van der Waals surface area contributed by atoms with Gasteiger partial charge in [-0.05, 0) is 12.1 Å². The molecule has 3 nitrogen and oxygen atoms in total. The SMILES string of the molecule is Fc1cc(OC(F)(F)F)ccc1COCc1ccc(OC(F)(F)F)cc1F. The second-order valence-electron chi connectivity index (χ2n) is 5.09. The predicted octanol–water partition coefficient (Wildman–Crippen LogP) is 5.48. The van der Waals surface area contributed by atoms with Gasteiger partial charge in [0.1, 0.15) is 23.1 Å². The van der Waals surface area contributed by atoms with Crippen molar-refractivity contribution in [1.82, 2.24) is 0 Å². The Balaban J connectivity index is 1.94. The molecule has 2 aromatic rings. The van der Waals surface area contributed by atoms with Crippen LogP contribution in [0.15, 0.2) is 36.4 Å². The lowest BCUT2D eigenvalue weighted by atomic mass is 10.2. The smallest absolute Gasteiger partial charge is 0.406 e. The lowest BCUT2D eigenvalue weighted by Crippen LogP contribution is -2.17. The summed E-state index contributed by atoms with van der Waals surface area (Å²) >= 11 is 0. The topological polar surface area (TPSA) is 27.7 Å². The van der Waals surface area contributed by atoms with Crippen LogP contribution in [0.3, 0.4) is 0 Å². The molecule has 2 rings (SSSR count). The van der Waals surface area contributed by atoms with E-state index >= 15 is 0 Å². The van der Waals surface area contributed by atoms with E-state index in [0.29, 0.717) is 12.1 Å². The van der Waals surface area contributed by atoms with Crippen LogP contribution < -0.4 is 9.47 Å². The van der Waals surface area contributed by atoms with E-state index in [9.17, 15) is 35.1 Å². The molecule has 0 fully saturated rings. The van der Waals surface area contributed by atoms with Gasteiger partial charge in [-0.2, -0.15) is 0 Å². The molecule has 0 radical (unpaired) electrons. The molecule has 27 heavy (non-hydrogen) atoms. The van der Waals surface area contributed by atoms with Crippen LogP contribution >= 0.6 is 0 Å². The molecule has 0 aliphatic carbocycles. The Bertz CT molecular complexity index is 721. The Morgan fingerprint density at radius 2 is 1.00 bits per heavy atom. The summed E-state index contributed by atoms with van der Waals surface area (Å²) in [6.45, 7) is -0.837. The van der Waals surface area contributed by atoms with Gasteiger partial charge < -0.3 is 14.2 Å². The van der Waals surface area contributed by atoms with Crippen LogP contribution in [0, 0.1) is 11.6 Å². The first-order chi connectivity index (χ1) is 12.4. The number of halogens is 8. The van der Waals surface area contributed by atoms with Crippen molar-refractivity contribution >= 4 is 0 Å². The fraction of sp³-hybridized carbons (Fsp3) is 0.250. The third kappa shape index (κ3) is 6.93.